The van der Waals surface area contributed by atoms with Gasteiger partial charge in [0.2, 0.25) is 0 Å². The molecule has 0 aliphatic carbocycles. The van der Waals surface area contributed by atoms with Gasteiger partial charge >= 0.3 is 0 Å². The molecule has 18 heavy (non-hydrogen) atoms. The Hall–Kier alpha value is -1.77. The molecule has 2 aromatic rings. The number of nitrogens with zero attached hydrogens (tertiary/aromatic N) is 3. The van der Waals surface area contributed by atoms with E-state index in [-0.39, 0.29) is 0 Å². The molecule has 1 aliphatic heterocycles. The lowest BCUT2D eigenvalue weighted by atomic mass is 10.1. The van der Waals surface area contributed by atoms with Crippen LogP contribution in [0.25, 0.3) is 11.3 Å². The molecule has 1 saturated heterocycles. The first-order valence-electron chi connectivity index (χ1n) is 6.71. The second-order valence-corrected chi connectivity index (χ2v) is 4.96. The third-order valence-corrected chi connectivity index (χ3v) is 3.55. The highest BCUT2D eigenvalue weighted by Gasteiger charge is 2.14. The molecule has 1 aliphatic rings. The molecule has 1 fully saturated rings. The van der Waals surface area contributed by atoms with Crippen molar-refractivity contribution in [3.63, 3.8) is 0 Å². The van der Waals surface area contributed by atoms with E-state index in [1.807, 2.05) is 10.9 Å². The fourth-order valence-electron chi connectivity index (χ4n) is 2.55. The zero-order valence-electron chi connectivity index (χ0n) is 10.8. The summed E-state index contributed by atoms with van der Waals surface area (Å²) in [4.78, 5) is 2.04. The van der Waals surface area contributed by atoms with Gasteiger partial charge < -0.3 is 0 Å². The van der Waals surface area contributed by atoms with Crippen molar-refractivity contribution in [2.24, 2.45) is 0 Å². The molecule has 0 spiro atoms. The number of hydrogen-bond donors (Lipinski definition) is 0. The molecular weight excluding hydrogens is 222 g/mol. The van der Waals surface area contributed by atoms with Crippen LogP contribution in [-0.2, 0) is 0 Å². The molecule has 3 heteroatoms. The van der Waals surface area contributed by atoms with Crippen LogP contribution in [0.4, 0.5) is 0 Å². The topological polar surface area (TPSA) is 21.1 Å². The third-order valence-electron chi connectivity index (χ3n) is 3.55. The Balaban J connectivity index is 1.91. The van der Waals surface area contributed by atoms with Crippen LogP contribution < -0.4 is 5.01 Å². The molecule has 0 amide bonds. The number of benzene rings is 1. The van der Waals surface area contributed by atoms with Gasteiger partial charge in [-0.05, 0) is 31.7 Å². The van der Waals surface area contributed by atoms with E-state index < -0.39 is 0 Å². The first-order valence-corrected chi connectivity index (χ1v) is 6.71. The fraction of sp³-hybridized carbons (Fsp3) is 0.400. The molecule has 94 valence electrons. The number of piperidine rings is 1. The van der Waals surface area contributed by atoms with Crippen molar-refractivity contribution < 1.29 is 0 Å². The van der Waals surface area contributed by atoms with Gasteiger partial charge in [-0.3, -0.25) is 5.01 Å². The monoisotopic (exact) mass is 241 g/mol. The van der Waals surface area contributed by atoms with Crippen molar-refractivity contribution in [2.45, 2.75) is 26.2 Å². The smallest absolute Gasteiger partial charge is 0.0973 e. The second kappa shape index (κ2) is 4.84. The summed E-state index contributed by atoms with van der Waals surface area (Å²) < 4.78 is 0. The van der Waals surface area contributed by atoms with Crippen LogP contribution in [0.3, 0.4) is 0 Å². The first kappa shape index (κ1) is 11.3. The van der Waals surface area contributed by atoms with E-state index in [4.69, 9.17) is 5.10 Å². The Kier molecular flexibility index (Phi) is 3.05. The van der Waals surface area contributed by atoms with Gasteiger partial charge in [-0.25, -0.2) is 0 Å². The number of hydrogen-bond acceptors (Lipinski definition) is 2. The summed E-state index contributed by atoms with van der Waals surface area (Å²) in [6, 6.07) is 10.4. The molecule has 3 rings (SSSR count). The summed E-state index contributed by atoms with van der Waals surface area (Å²) in [5, 5.41) is 7.08. The summed E-state index contributed by atoms with van der Waals surface area (Å²) in [5.41, 5.74) is 3.54. The Morgan fingerprint density at radius 1 is 1.00 bits per heavy atom. The molecule has 0 saturated carbocycles. The molecule has 0 bridgehead atoms. The van der Waals surface area contributed by atoms with Gasteiger partial charge in [-0.1, -0.05) is 30.3 Å². The van der Waals surface area contributed by atoms with E-state index in [9.17, 15) is 0 Å². The van der Waals surface area contributed by atoms with Crippen molar-refractivity contribution in [1.82, 2.24) is 9.89 Å². The van der Waals surface area contributed by atoms with Gasteiger partial charge in [0.1, 0.15) is 0 Å². The zero-order valence-corrected chi connectivity index (χ0v) is 10.8. The van der Waals surface area contributed by atoms with E-state index in [0.717, 1.165) is 18.8 Å². The Bertz CT molecular complexity index is 510. The van der Waals surface area contributed by atoms with E-state index in [1.54, 1.807) is 0 Å². The van der Waals surface area contributed by atoms with Gasteiger partial charge in [-0.15, -0.1) is 0 Å². The molecule has 0 unspecified atom stereocenters. The SMILES string of the molecule is Cc1cn(N2CCCCC2)nc1-c1ccccc1. The molecule has 0 N–H and O–H groups in total. The molecule has 1 aromatic carbocycles. The number of aryl methyl sites for hydroxylation is 1. The summed E-state index contributed by atoms with van der Waals surface area (Å²) >= 11 is 0. The van der Waals surface area contributed by atoms with E-state index >= 15 is 0 Å². The minimum Gasteiger partial charge on any atom is -0.297 e. The lowest BCUT2D eigenvalue weighted by molar-refractivity contribution is 0.449. The van der Waals surface area contributed by atoms with Crippen LogP contribution in [0.1, 0.15) is 24.8 Å². The third kappa shape index (κ3) is 2.13. The maximum atomic E-state index is 4.75. The van der Waals surface area contributed by atoms with Crippen LogP contribution in [0.2, 0.25) is 0 Å². The molecule has 3 nitrogen and oxygen atoms in total. The van der Waals surface area contributed by atoms with E-state index in [2.05, 4.69) is 42.4 Å². The van der Waals surface area contributed by atoms with Crippen LogP contribution >= 0.6 is 0 Å². The number of aromatic nitrogens is 2. The molecular formula is C15H19N3. The second-order valence-electron chi connectivity index (χ2n) is 4.96. The highest BCUT2D eigenvalue weighted by molar-refractivity contribution is 5.62. The van der Waals surface area contributed by atoms with Crippen LogP contribution in [0.5, 0.6) is 0 Å². The van der Waals surface area contributed by atoms with E-state index in [0.29, 0.717) is 0 Å². The van der Waals surface area contributed by atoms with E-state index in [1.165, 1.54) is 30.4 Å². The summed E-state index contributed by atoms with van der Waals surface area (Å²) in [5.74, 6) is 0. The van der Waals surface area contributed by atoms with Gasteiger partial charge in [0.15, 0.2) is 0 Å². The zero-order chi connectivity index (χ0) is 12.4. The molecule has 0 radical (unpaired) electrons. The predicted molar refractivity (Wildman–Crippen MR) is 74.2 cm³/mol. The fourth-order valence-corrected chi connectivity index (χ4v) is 2.55. The van der Waals surface area contributed by atoms with Crippen LogP contribution in [0.15, 0.2) is 36.5 Å². The largest absolute Gasteiger partial charge is 0.297 e. The lowest BCUT2D eigenvalue weighted by Gasteiger charge is -2.28. The predicted octanol–water partition coefficient (Wildman–Crippen LogP) is 2.98. The highest BCUT2D eigenvalue weighted by Crippen LogP contribution is 2.21. The number of rotatable bonds is 2. The maximum absolute atomic E-state index is 4.75. The standard InChI is InChI=1S/C15H19N3/c1-13-12-18(17-10-6-3-7-11-17)16-15(13)14-8-4-2-5-9-14/h2,4-5,8-9,12H,3,6-7,10-11H2,1H3. The highest BCUT2D eigenvalue weighted by atomic mass is 15.7. The van der Waals surface area contributed by atoms with Crippen LogP contribution in [0, 0.1) is 6.92 Å². The summed E-state index contributed by atoms with van der Waals surface area (Å²) in [6.45, 7) is 4.38. The van der Waals surface area contributed by atoms with Crippen molar-refractivity contribution >= 4 is 0 Å². The van der Waals surface area contributed by atoms with Gasteiger partial charge in [0, 0.05) is 18.7 Å². The van der Waals surface area contributed by atoms with Crippen molar-refractivity contribution in [1.29, 1.82) is 0 Å². The lowest BCUT2D eigenvalue weighted by Crippen LogP contribution is -2.39. The van der Waals surface area contributed by atoms with Gasteiger partial charge in [0.25, 0.3) is 0 Å². The van der Waals surface area contributed by atoms with Crippen molar-refractivity contribution in [3.05, 3.63) is 42.1 Å². The Morgan fingerprint density at radius 3 is 2.44 bits per heavy atom. The normalized spacial score (nSPS) is 15.9. The maximum Gasteiger partial charge on any atom is 0.0973 e. The Morgan fingerprint density at radius 2 is 1.72 bits per heavy atom. The minimum atomic E-state index is 1.10. The van der Waals surface area contributed by atoms with Crippen molar-refractivity contribution in [2.75, 3.05) is 18.1 Å². The van der Waals surface area contributed by atoms with Gasteiger partial charge in [0.05, 0.1) is 11.9 Å². The molecule has 0 atom stereocenters. The minimum absolute atomic E-state index is 1.10. The van der Waals surface area contributed by atoms with Crippen LogP contribution in [-0.4, -0.2) is 23.0 Å². The van der Waals surface area contributed by atoms with Crippen molar-refractivity contribution in [3.8, 4) is 11.3 Å². The Labute approximate surface area is 108 Å². The quantitative estimate of drug-likeness (QED) is 0.806. The van der Waals surface area contributed by atoms with Gasteiger partial charge in [-0.2, -0.15) is 9.89 Å². The average Bonchev–Trinajstić information content (AvgIpc) is 2.83. The summed E-state index contributed by atoms with van der Waals surface area (Å²) in [7, 11) is 0. The summed E-state index contributed by atoms with van der Waals surface area (Å²) in [6.07, 6.45) is 6.05. The molecule has 2 heterocycles. The first-order chi connectivity index (χ1) is 8.84. The average molecular weight is 241 g/mol. The molecule has 1 aromatic heterocycles.